The first-order valence-corrected chi connectivity index (χ1v) is 9.40. The smallest absolute Gasteiger partial charge is 0.253 e. The lowest BCUT2D eigenvalue weighted by Crippen LogP contribution is -2.51. The number of carbonyl (C=O) groups excluding carboxylic acids is 2. The molecule has 0 aliphatic carbocycles. The fourth-order valence-electron chi connectivity index (χ4n) is 4.41. The molecule has 1 fully saturated rings. The van der Waals surface area contributed by atoms with Gasteiger partial charge in [0.15, 0.2) is 0 Å². The second-order valence-electron chi connectivity index (χ2n) is 7.64. The third kappa shape index (κ3) is 2.62. The Kier molecular flexibility index (Phi) is 3.57. The van der Waals surface area contributed by atoms with E-state index in [1.165, 1.54) is 5.56 Å². The number of nitrogens with zero attached hydrogens (tertiary/aromatic N) is 1. The molecule has 1 spiro atoms. The number of para-hydroxylation sites is 1. The minimum absolute atomic E-state index is 0.0459. The molecule has 3 aromatic rings. The van der Waals surface area contributed by atoms with Crippen molar-refractivity contribution in [2.24, 2.45) is 5.41 Å². The predicted molar refractivity (Wildman–Crippen MR) is 105 cm³/mol. The van der Waals surface area contributed by atoms with Crippen LogP contribution in [0.1, 0.15) is 28.8 Å². The molecule has 1 aromatic heterocycles. The Labute approximate surface area is 157 Å². The Bertz CT molecular complexity index is 1040. The molecule has 2 aromatic carbocycles. The van der Waals surface area contributed by atoms with Crippen LogP contribution < -0.4 is 5.32 Å². The summed E-state index contributed by atoms with van der Waals surface area (Å²) in [4.78, 5) is 30.7. The standard InChI is InChI=1S/C22H21N3O2/c26-20(16-5-6-18-15(13-16)7-10-23-18)25-11-8-22(9-12-25)14-17-3-1-2-4-19(17)24-21(22)27/h1-7,10,13,23H,8-9,11-12,14H2,(H,24,27). The summed E-state index contributed by atoms with van der Waals surface area (Å²) in [5.74, 6) is 0.145. The highest BCUT2D eigenvalue weighted by Crippen LogP contribution is 2.41. The van der Waals surface area contributed by atoms with E-state index in [1.807, 2.05) is 53.6 Å². The number of hydrogen-bond donors (Lipinski definition) is 2. The van der Waals surface area contributed by atoms with Crippen molar-refractivity contribution in [3.05, 3.63) is 65.9 Å². The average molecular weight is 359 g/mol. The SMILES string of the molecule is O=C(c1ccc2[nH]ccc2c1)N1CCC2(CC1)Cc1ccccc1NC2=O. The number of H-pyrrole nitrogens is 1. The van der Waals surface area contributed by atoms with Crippen LogP contribution in [0.25, 0.3) is 10.9 Å². The maximum atomic E-state index is 12.9. The summed E-state index contributed by atoms with van der Waals surface area (Å²) in [5, 5.41) is 4.11. The van der Waals surface area contributed by atoms with Crippen LogP contribution in [-0.4, -0.2) is 34.8 Å². The summed E-state index contributed by atoms with van der Waals surface area (Å²) in [6.45, 7) is 1.22. The van der Waals surface area contributed by atoms with Gasteiger partial charge in [-0.05, 0) is 55.2 Å². The first kappa shape index (κ1) is 16.1. The quantitative estimate of drug-likeness (QED) is 0.697. The van der Waals surface area contributed by atoms with E-state index in [4.69, 9.17) is 0 Å². The predicted octanol–water partition coefficient (Wildman–Crippen LogP) is 3.59. The number of hydrogen-bond acceptors (Lipinski definition) is 2. The van der Waals surface area contributed by atoms with Crippen LogP contribution >= 0.6 is 0 Å². The van der Waals surface area contributed by atoms with E-state index >= 15 is 0 Å². The second kappa shape index (κ2) is 5.98. The Hall–Kier alpha value is -3.08. The zero-order chi connectivity index (χ0) is 18.4. The second-order valence-corrected chi connectivity index (χ2v) is 7.64. The molecule has 0 bridgehead atoms. The van der Waals surface area contributed by atoms with Crippen molar-refractivity contribution in [1.29, 1.82) is 0 Å². The van der Waals surface area contributed by atoms with Gasteiger partial charge in [0.25, 0.3) is 5.91 Å². The lowest BCUT2D eigenvalue weighted by Gasteiger charge is -2.43. The number of carbonyl (C=O) groups is 2. The fraction of sp³-hybridized carbons (Fsp3) is 0.273. The number of rotatable bonds is 1. The molecule has 27 heavy (non-hydrogen) atoms. The van der Waals surface area contributed by atoms with E-state index in [0.717, 1.165) is 23.0 Å². The Morgan fingerprint density at radius 3 is 2.70 bits per heavy atom. The van der Waals surface area contributed by atoms with Gasteiger partial charge in [0.05, 0.1) is 5.41 Å². The number of fused-ring (bicyclic) bond motifs is 2. The molecule has 1 saturated heterocycles. The first-order chi connectivity index (χ1) is 13.1. The zero-order valence-corrected chi connectivity index (χ0v) is 15.0. The van der Waals surface area contributed by atoms with Gasteiger partial charge in [-0.15, -0.1) is 0 Å². The third-order valence-electron chi connectivity index (χ3n) is 6.08. The minimum atomic E-state index is -0.393. The molecule has 5 heteroatoms. The highest BCUT2D eigenvalue weighted by Gasteiger charge is 2.45. The molecule has 2 N–H and O–H groups in total. The third-order valence-corrected chi connectivity index (χ3v) is 6.08. The molecular formula is C22H21N3O2. The lowest BCUT2D eigenvalue weighted by atomic mass is 9.71. The van der Waals surface area contributed by atoms with E-state index in [9.17, 15) is 9.59 Å². The van der Waals surface area contributed by atoms with Gasteiger partial charge in [0, 0.05) is 41.4 Å². The molecule has 2 amide bonds. The van der Waals surface area contributed by atoms with Gasteiger partial charge >= 0.3 is 0 Å². The lowest BCUT2D eigenvalue weighted by molar-refractivity contribution is -0.128. The molecule has 5 nitrogen and oxygen atoms in total. The van der Waals surface area contributed by atoms with E-state index in [2.05, 4.69) is 16.4 Å². The summed E-state index contributed by atoms with van der Waals surface area (Å²) in [6.07, 6.45) is 4.03. The maximum absolute atomic E-state index is 12.9. The molecule has 2 aliphatic heterocycles. The number of likely N-dealkylation sites (tertiary alicyclic amines) is 1. The van der Waals surface area contributed by atoms with Crippen LogP contribution in [0.5, 0.6) is 0 Å². The number of aromatic amines is 1. The van der Waals surface area contributed by atoms with Crippen molar-refractivity contribution in [3.8, 4) is 0 Å². The summed E-state index contributed by atoms with van der Waals surface area (Å²) in [5.41, 5.74) is 3.45. The summed E-state index contributed by atoms with van der Waals surface area (Å²) >= 11 is 0. The minimum Gasteiger partial charge on any atom is -0.361 e. The topological polar surface area (TPSA) is 65.2 Å². The molecule has 0 unspecified atom stereocenters. The number of piperidine rings is 1. The molecule has 2 aliphatic rings. The number of benzene rings is 2. The van der Waals surface area contributed by atoms with Gasteiger partial charge in [-0.3, -0.25) is 9.59 Å². The number of amides is 2. The average Bonchev–Trinajstić information content (AvgIpc) is 3.17. The largest absolute Gasteiger partial charge is 0.361 e. The van der Waals surface area contributed by atoms with Gasteiger partial charge < -0.3 is 15.2 Å². The van der Waals surface area contributed by atoms with Crippen molar-refractivity contribution in [1.82, 2.24) is 9.88 Å². The number of nitrogens with one attached hydrogen (secondary N) is 2. The van der Waals surface area contributed by atoms with Crippen LogP contribution in [-0.2, 0) is 11.2 Å². The summed E-state index contributed by atoms with van der Waals surface area (Å²) < 4.78 is 0. The highest BCUT2D eigenvalue weighted by atomic mass is 16.2. The van der Waals surface area contributed by atoms with Crippen molar-refractivity contribution < 1.29 is 9.59 Å². The molecule has 0 atom stereocenters. The zero-order valence-electron chi connectivity index (χ0n) is 15.0. The molecule has 0 saturated carbocycles. The van der Waals surface area contributed by atoms with Crippen molar-refractivity contribution in [3.63, 3.8) is 0 Å². The molecular weight excluding hydrogens is 338 g/mol. The molecule has 136 valence electrons. The van der Waals surface area contributed by atoms with Crippen LogP contribution in [0.2, 0.25) is 0 Å². The van der Waals surface area contributed by atoms with Gasteiger partial charge in [-0.2, -0.15) is 0 Å². The van der Waals surface area contributed by atoms with Gasteiger partial charge in [-0.25, -0.2) is 0 Å². The fourth-order valence-corrected chi connectivity index (χ4v) is 4.41. The van der Waals surface area contributed by atoms with Crippen LogP contribution in [0.15, 0.2) is 54.7 Å². The van der Waals surface area contributed by atoms with E-state index in [-0.39, 0.29) is 11.8 Å². The summed E-state index contributed by atoms with van der Waals surface area (Å²) in [7, 11) is 0. The van der Waals surface area contributed by atoms with Crippen LogP contribution in [0.3, 0.4) is 0 Å². The Balaban J connectivity index is 1.34. The maximum Gasteiger partial charge on any atom is 0.253 e. The van der Waals surface area contributed by atoms with Crippen LogP contribution in [0, 0.1) is 5.41 Å². The monoisotopic (exact) mass is 359 g/mol. The van der Waals surface area contributed by atoms with E-state index in [1.54, 1.807) is 0 Å². The van der Waals surface area contributed by atoms with Gasteiger partial charge in [-0.1, -0.05) is 18.2 Å². The van der Waals surface area contributed by atoms with Gasteiger partial charge in [0.2, 0.25) is 5.91 Å². The number of anilines is 1. The highest BCUT2D eigenvalue weighted by molar-refractivity contribution is 6.00. The van der Waals surface area contributed by atoms with Crippen molar-refractivity contribution in [2.45, 2.75) is 19.3 Å². The normalized spacial score (nSPS) is 18.4. The van der Waals surface area contributed by atoms with Crippen LogP contribution in [0.4, 0.5) is 5.69 Å². The van der Waals surface area contributed by atoms with E-state index in [0.29, 0.717) is 31.5 Å². The van der Waals surface area contributed by atoms with Crippen molar-refractivity contribution in [2.75, 3.05) is 18.4 Å². The van der Waals surface area contributed by atoms with Gasteiger partial charge in [0.1, 0.15) is 0 Å². The Morgan fingerprint density at radius 2 is 1.85 bits per heavy atom. The summed E-state index contributed by atoms with van der Waals surface area (Å²) in [6, 6.07) is 15.7. The van der Waals surface area contributed by atoms with E-state index < -0.39 is 5.41 Å². The Morgan fingerprint density at radius 1 is 1.04 bits per heavy atom. The molecule has 3 heterocycles. The molecule has 0 radical (unpaired) electrons. The molecule has 5 rings (SSSR count). The first-order valence-electron chi connectivity index (χ1n) is 9.40. The van der Waals surface area contributed by atoms with Crippen molar-refractivity contribution >= 4 is 28.4 Å². The number of aromatic nitrogens is 1.